The van der Waals surface area contributed by atoms with Crippen LogP contribution in [-0.4, -0.2) is 25.1 Å². The van der Waals surface area contributed by atoms with Gasteiger partial charge in [-0.15, -0.1) is 0 Å². The van der Waals surface area contributed by atoms with Gasteiger partial charge in [-0.25, -0.2) is 4.98 Å². The summed E-state index contributed by atoms with van der Waals surface area (Å²) in [5, 5.41) is 2.68. The van der Waals surface area contributed by atoms with E-state index in [4.69, 9.17) is 9.47 Å². The summed E-state index contributed by atoms with van der Waals surface area (Å²) in [7, 11) is 3.07. The second-order valence-electron chi connectivity index (χ2n) is 4.14. The third kappa shape index (κ3) is 4.24. The van der Waals surface area contributed by atoms with Crippen LogP contribution in [0.15, 0.2) is 41.0 Å². The molecule has 1 aromatic heterocycles. The largest absolute Gasteiger partial charge is 0.495 e. The minimum atomic E-state index is -0.438. The number of pyridine rings is 1. The number of benzene rings is 1. The maximum absolute atomic E-state index is 11.9. The zero-order valence-corrected chi connectivity index (χ0v) is 13.6. The molecule has 0 aliphatic carbocycles. The molecule has 0 spiro atoms. The molecule has 1 N–H and O–H groups in total. The van der Waals surface area contributed by atoms with E-state index in [1.165, 1.54) is 14.2 Å². The Balaban J connectivity index is 2.10. The molecule has 0 bridgehead atoms. The topological polar surface area (TPSA) is 60.5 Å². The number of carbonyl (C=O) groups excluding carboxylic acids is 1. The molecule has 0 saturated heterocycles. The van der Waals surface area contributed by atoms with Gasteiger partial charge in [0.2, 0.25) is 5.88 Å². The Morgan fingerprint density at radius 3 is 2.68 bits per heavy atom. The summed E-state index contributed by atoms with van der Waals surface area (Å²) in [5.74, 6) is 5.86. The zero-order chi connectivity index (χ0) is 15.9. The monoisotopic (exact) mass is 360 g/mol. The van der Waals surface area contributed by atoms with Crippen molar-refractivity contribution in [2.75, 3.05) is 19.5 Å². The molecular formula is C16H13BrN2O3. The number of amides is 1. The van der Waals surface area contributed by atoms with Gasteiger partial charge in [-0.2, -0.15) is 0 Å². The number of hydrogen-bond donors (Lipinski definition) is 1. The van der Waals surface area contributed by atoms with Gasteiger partial charge in [0.1, 0.15) is 5.75 Å². The molecule has 0 aliphatic heterocycles. The van der Waals surface area contributed by atoms with Crippen LogP contribution in [0.5, 0.6) is 11.6 Å². The number of nitrogens with one attached hydrogen (secondary N) is 1. The normalized spacial score (nSPS) is 9.41. The molecule has 1 heterocycles. The Morgan fingerprint density at radius 2 is 2.05 bits per heavy atom. The Bertz CT molecular complexity index is 733. The second-order valence-corrected chi connectivity index (χ2v) is 5.05. The van der Waals surface area contributed by atoms with Crippen molar-refractivity contribution in [3.63, 3.8) is 0 Å². The van der Waals surface area contributed by atoms with E-state index in [9.17, 15) is 4.79 Å². The van der Waals surface area contributed by atoms with E-state index >= 15 is 0 Å². The average molecular weight is 361 g/mol. The van der Waals surface area contributed by atoms with Gasteiger partial charge in [0.25, 0.3) is 0 Å². The van der Waals surface area contributed by atoms with E-state index in [0.29, 0.717) is 22.9 Å². The standard InChI is InChI=1S/C16H13BrN2O3/c1-21-14-6-5-12(17)9-13(14)19-15(20)7-3-11-4-8-16(22-2)18-10-11/h4-6,8-10H,1-2H3,(H,19,20). The van der Waals surface area contributed by atoms with Crippen LogP contribution in [0.25, 0.3) is 0 Å². The van der Waals surface area contributed by atoms with Gasteiger partial charge < -0.3 is 14.8 Å². The first-order chi connectivity index (χ1) is 10.6. The summed E-state index contributed by atoms with van der Waals surface area (Å²) in [6.07, 6.45) is 1.54. The minimum Gasteiger partial charge on any atom is -0.495 e. The summed E-state index contributed by atoms with van der Waals surface area (Å²) < 4.78 is 11.0. The fraction of sp³-hybridized carbons (Fsp3) is 0.125. The predicted molar refractivity (Wildman–Crippen MR) is 87.0 cm³/mol. The van der Waals surface area contributed by atoms with Gasteiger partial charge in [0, 0.05) is 28.2 Å². The highest BCUT2D eigenvalue weighted by molar-refractivity contribution is 9.10. The number of halogens is 1. The molecule has 22 heavy (non-hydrogen) atoms. The van der Waals surface area contributed by atoms with Crippen molar-refractivity contribution in [3.8, 4) is 23.5 Å². The molecule has 0 radical (unpaired) electrons. The number of aromatic nitrogens is 1. The fourth-order valence-corrected chi connectivity index (χ4v) is 2.00. The number of rotatable bonds is 3. The number of carbonyl (C=O) groups is 1. The molecule has 0 unspecified atom stereocenters. The highest BCUT2D eigenvalue weighted by atomic mass is 79.9. The smallest absolute Gasteiger partial charge is 0.300 e. The van der Waals surface area contributed by atoms with Gasteiger partial charge in [0.15, 0.2) is 0 Å². The van der Waals surface area contributed by atoms with Crippen molar-refractivity contribution in [2.24, 2.45) is 0 Å². The molecule has 6 heteroatoms. The molecule has 0 saturated carbocycles. The molecule has 0 atom stereocenters. The van der Waals surface area contributed by atoms with Gasteiger partial charge in [-0.05, 0) is 24.3 Å². The third-order valence-corrected chi connectivity index (χ3v) is 3.17. The number of ether oxygens (including phenoxy) is 2. The molecule has 0 fully saturated rings. The van der Waals surface area contributed by atoms with Crippen molar-refractivity contribution in [2.45, 2.75) is 0 Å². The summed E-state index contributed by atoms with van der Waals surface area (Å²) in [5.41, 5.74) is 1.17. The quantitative estimate of drug-likeness (QED) is 0.855. The Labute approximate surface area is 136 Å². The molecule has 2 aromatic rings. The van der Waals surface area contributed by atoms with E-state index in [0.717, 1.165) is 4.47 Å². The summed E-state index contributed by atoms with van der Waals surface area (Å²) in [4.78, 5) is 15.9. The van der Waals surface area contributed by atoms with Crippen LogP contribution in [0.4, 0.5) is 5.69 Å². The number of hydrogen-bond acceptors (Lipinski definition) is 4. The third-order valence-electron chi connectivity index (χ3n) is 2.68. The van der Waals surface area contributed by atoms with E-state index < -0.39 is 5.91 Å². The van der Waals surface area contributed by atoms with E-state index in [-0.39, 0.29) is 0 Å². The molecule has 5 nitrogen and oxygen atoms in total. The predicted octanol–water partition coefficient (Wildman–Crippen LogP) is 2.85. The van der Waals surface area contributed by atoms with E-state index in [2.05, 4.69) is 38.1 Å². The molecule has 1 aromatic carbocycles. The van der Waals surface area contributed by atoms with Crippen molar-refractivity contribution >= 4 is 27.5 Å². The lowest BCUT2D eigenvalue weighted by Crippen LogP contribution is -2.09. The second kappa shape index (κ2) is 7.48. The molecule has 2 rings (SSSR count). The van der Waals surface area contributed by atoms with Crippen LogP contribution in [0.1, 0.15) is 5.56 Å². The molecule has 1 amide bonds. The summed E-state index contributed by atoms with van der Waals surface area (Å²) >= 11 is 3.34. The SMILES string of the molecule is COc1ccc(C#CC(=O)Nc2cc(Br)ccc2OC)cn1. The van der Waals surface area contributed by atoms with Crippen LogP contribution in [0.2, 0.25) is 0 Å². The van der Waals surface area contributed by atoms with Crippen molar-refractivity contribution < 1.29 is 14.3 Å². The minimum absolute atomic E-state index is 0.438. The van der Waals surface area contributed by atoms with Gasteiger partial charge >= 0.3 is 5.91 Å². The Morgan fingerprint density at radius 1 is 1.23 bits per heavy atom. The van der Waals surface area contributed by atoms with Gasteiger partial charge in [-0.3, -0.25) is 4.79 Å². The Hall–Kier alpha value is -2.52. The van der Waals surface area contributed by atoms with Gasteiger partial charge in [-0.1, -0.05) is 21.9 Å². The van der Waals surface area contributed by atoms with Crippen LogP contribution in [-0.2, 0) is 4.79 Å². The number of anilines is 1. The average Bonchev–Trinajstić information content (AvgIpc) is 2.53. The molecule has 0 aliphatic rings. The summed E-state index contributed by atoms with van der Waals surface area (Å²) in [6, 6.07) is 8.72. The molecule has 112 valence electrons. The van der Waals surface area contributed by atoms with E-state index in [1.807, 2.05) is 6.07 Å². The first-order valence-electron chi connectivity index (χ1n) is 6.29. The van der Waals surface area contributed by atoms with E-state index in [1.54, 1.807) is 30.5 Å². The van der Waals surface area contributed by atoms with Crippen molar-refractivity contribution in [1.29, 1.82) is 0 Å². The maximum Gasteiger partial charge on any atom is 0.300 e. The van der Waals surface area contributed by atoms with Crippen LogP contribution >= 0.6 is 15.9 Å². The van der Waals surface area contributed by atoms with Crippen LogP contribution in [0, 0.1) is 11.8 Å². The van der Waals surface area contributed by atoms with Crippen LogP contribution in [0.3, 0.4) is 0 Å². The highest BCUT2D eigenvalue weighted by Crippen LogP contribution is 2.27. The lowest BCUT2D eigenvalue weighted by atomic mass is 10.2. The van der Waals surface area contributed by atoms with Crippen molar-refractivity contribution in [3.05, 3.63) is 46.6 Å². The van der Waals surface area contributed by atoms with Gasteiger partial charge in [0.05, 0.1) is 19.9 Å². The fourth-order valence-electron chi connectivity index (χ4n) is 1.64. The first kappa shape index (κ1) is 15.9. The maximum atomic E-state index is 11.9. The first-order valence-corrected chi connectivity index (χ1v) is 7.08. The zero-order valence-electron chi connectivity index (χ0n) is 12.0. The van der Waals surface area contributed by atoms with Crippen LogP contribution < -0.4 is 14.8 Å². The Kier molecular flexibility index (Phi) is 5.39. The number of methoxy groups -OCH3 is 2. The lowest BCUT2D eigenvalue weighted by molar-refractivity contribution is -0.111. The highest BCUT2D eigenvalue weighted by Gasteiger charge is 2.06. The van der Waals surface area contributed by atoms with Crippen molar-refractivity contribution in [1.82, 2.24) is 4.98 Å². The lowest BCUT2D eigenvalue weighted by Gasteiger charge is -2.08. The summed E-state index contributed by atoms with van der Waals surface area (Å²) in [6.45, 7) is 0. The number of nitrogens with zero attached hydrogens (tertiary/aromatic N) is 1. The molecular weight excluding hydrogens is 348 g/mol.